The molecular formula is C10H6N4O2. The number of hydrogen-bond acceptors (Lipinski definition) is 4. The normalized spacial score (nSPS) is 11.0. The predicted octanol–water partition coefficient (Wildman–Crippen LogP) is 0.976. The molecule has 0 unspecified atom stereocenters. The van der Waals surface area contributed by atoms with E-state index in [1.807, 2.05) is 0 Å². The molecule has 3 heterocycles. The fraction of sp³-hybridized carbons (Fsp3) is 0. The molecule has 0 fully saturated rings. The van der Waals surface area contributed by atoms with Crippen molar-refractivity contribution in [2.45, 2.75) is 0 Å². The van der Waals surface area contributed by atoms with Gasteiger partial charge in [0.25, 0.3) is 0 Å². The molecule has 0 amide bonds. The summed E-state index contributed by atoms with van der Waals surface area (Å²) < 4.78 is 1.61. The van der Waals surface area contributed by atoms with Crippen LogP contribution in [0.1, 0.15) is 10.4 Å². The number of nitrogens with zero attached hydrogens (tertiary/aromatic N) is 4. The smallest absolute Gasteiger partial charge is 0.337 e. The van der Waals surface area contributed by atoms with Crippen LogP contribution in [0.3, 0.4) is 0 Å². The molecule has 1 N–H and O–H groups in total. The average molecular weight is 214 g/mol. The van der Waals surface area contributed by atoms with Gasteiger partial charge in [0, 0.05) is 6.20 Å². The summed E-state index contributed by atoms with van der Waals surface area (Å²) in [7, 11) is 0. The molecule has 6 nitrogen and oxygen atoms in total. The van der Waals surface area contributed by atoms with Crippen molar-refractivity contribution in [1.29, 1.82) is 0 Å². The fourth-order valence-corrected chi connectivity index (χ4v) is 1.56. The molecular weight excluding hydrogens is 208 g/mol. The molecule has 0 bridgehead atoms. The third-order valence-electron chi connectivity index (χ3n) is 2.31. The number of carboxylic acid groups (broad SMARTS) is 1. The minimum Gasteiger partial charge on any atom is -0.478 e. The Bertz CT molecular complexity index is 704. The highest BCUT2D eigenvalue weighted by Crippen LogP contribution is 2.13. The molecule has 0 spiro atoms. The minimum atomic E-state index is -1.02. The zero-order valence-corrected chi connectivity index (χ0v) is 8.03. The monoisotopic (exact) mass is 214 g/mol. The van der Waals surface area contributed by atoms with Crippen molar-refractivity contribution in [3.63, 3.8) is 0 Å². The summed E-state index contributed by atoms with van der Waals surface area (Å²) in [6.07, 6.45) is 4.56. The van der Waals surface area contributed by atoms with Crippen molar-refractivity contribution in [2.24, 2.45) is 0 Å². The lowest BCUT2D eigenvalue weighted by Crippen LogP contribution is -2.01. The van der Waals surface area contributed by atoms with Crippen molar-refractivity contribution in [3.8, 4) is 0 Å². The number of aromatic carboxylic acids is 1. The summed E-state index contributed by atoms with van der Waals surface area (Å²) in [5.41, 5.74) is 1.98. The van der Waals surface area contributed by atoms with Crippen LogP contribution in [0, 0.1) is 0 Å². The Morgan fingerprint density at radius 2 is 2.12 bits per heavy atom. The van der Waals surface area contributed by atoms with Crippen molar-refractivity contribution < 1.29 is 9.90 Å². The zero-order valence-electron chi connectivity index (χ0n) is 8.03. The fourth-order valence-electron chi connectivity index (χ4n) is 1.56. The van der Waals surface area contributed by atoms with Crippen LogP contribution in [0.4, 0.5) is 0 Å². The molecule has 0 saturated heterocycles. The third-order valence-corrected chi connectivity index (χ3v) is 2.31. The predicted molar refractivity (Wildman–Crippen MR) is 55.2 cm³/mol. The maximum Gasteiger partial charge on any atom is 0.337 e. The van der Waals surface area contributed by atoms with Crippen LogP contribution in [-0.4, -0.2) is 30.7 Å². The highest BCUT2D eigenvalue weighted by Gasteiger charge is 2.08. The van der Waals surface area contributed by atoms with Gasteiger partial charge in [-0.05, 0) is 12.1 Å². The number of aromatic nitrogens is 4. The van der Waals surface area contributed by atoms with Gasteiger partial charge >= 0.3 is 5.97 Å². The van der Waals surface area contributed by atoms with E-state index in [4.69, 9.17) is 5.11 Å². The first kappa shape index (κ1) is 8.78. The van der Waals surface area contributed by atoms with Crippen molar-refractivity contribution >= 4 is 22.6 Å². The molecule has 0 aromatic carbocycles. The number of carboxylic acids is 1. The second-order valence-electron chi connectivity index (χ2n) is 3.30. The average Bonchev–Trinajstić information content (AvgIpc) is 2.76. The van der Waals surface area contributed by atoms with Gasteiger partial charge in [-0.1, -0.05) is 0 Å². The molecule has 0 aliphatic carbocycles. The first-order valence-electron chi connectivity index (χ1n) is 4.57. The summed E-state index contributed by atoms with van der Waals surface area (Å²) in [4.78, 5) is 18.9. The van der Waals surface area contributed by atoms with Gasteiger partial charge in [-0.3, -0.25) is 0 Å². The Kier molecular flexibility index (Phi) is 1.64. The van der Waals surface area contributed by atoms with Gasteiger partial charge in [0.1, 0.15) is 5.52 Å². The number of fused-ring (bicyclic) bond motifs is 3. The van der Waals surface area contributed by atoms with Gasteiger partial charge in [-0.2, -0.15) is 5.10 Å². The van der Waals surface area contributed by atoms with Crippen LogP contribution in [0.2, 0.25) is 0 Å². The Morgan fingerprint density at radius 3 is 2.94 bits per heavy atom. The van der Waals surface area contributed by atoms with Gasteiger partial charge in [0.2, 0.25) is 0 Å². The first-order valence-corrected chi connectivity index (χ1v) is 4.57. The van der Waals surface area contributed by atoms with Crippen molar-refractivity contribution in [3.05, 3.63) is 36.3 Å². The van der Waals surface area contributed by atoms with E-state index >= 15 is 0 Å². The lowest BCUT2D eigenvalue weighted by Gasteiger charge is -2.00. The molecule has 6 heteroatoms. The van der Waals surface area contributed by atoms with Gasteiger partial charge in [-0.25, -0.2) is 19.3 Å². The number of carbonyl (C=O) groups is 1. The largest absolute Gasteiger partial charge is 0.478 e. The zero-order chi connectivity index (χ0) is 11.1. The molecule has 3 aromatic rings. The van der Waals surface area contributed by atoms with E-state index in [-0.39, 0.29) is 5.56 Å². The van der Waals surface area contributed by atoms with Gasteiger partial charge in [0.05, 0.1) is 23.5 Å². The van der Waals surface area contributed by atoms with E-state index in [0.717, 1.165) is 5.52 Å². The van der Waals surface area contributed by atoms with E-state index in [1.165, 1.54) is 12.3 Å². The van der Waals surface area contributed by atoms with E-state index in [2.05, 4.69) is 15.1 Å². The van der Waals surface area contributed by atoms with Crippen LogP contribution in [0.5, 0.6) is 0 Å². The van der Waals surface area contributed by atoms with Crippen LogP contribution in [0.25, 0.3) is 16.7 Å². The lowest BCUT2D eigenvalue weighted by molar-refractivity contribution is 0.0696. The Morgan fingerprint density at radius 1 is 1.31 bits per heavy atom. The molecule has 0 atom stereocenters. The maximum atomic E-state index is 10.8. The molecule has 0 aliphatic heterocycles. The highest BCUT2D eigenvalue weighted by molar-refractivity contribution is 5.91. The molecule has 0 saturated carbocycles. The van der Waals surface area contributed by atoms with Gasteiger partial charge in [-0.15, -0.1) is 0 Å². The molecule has 0 aliphatic rings. The summed E-state index contributed by atoms with van der Waals surface area (Å²) in [6.45, 7) is 0. The molecule has 78 valence electrons. The number of hydrogen-bond donors (Lipinski definition) is 1. The Labute approximate surface area is 89.2 Å². The Hall–Kier alpha value is -2.50. The quantitative estimate of drug-likeness (QED) is 0.653. The second-order valence-corrected chi connectivity index (χ2v) is 3.30. The van der Waals surface area contributed by atoms with Crippen molar-refractivity contribution in [1.82, 2.24) is 19.6 Å². The standard InChI is InChI=1S/C10H6N4O2/c15-10(16)6-3-8-9(11-4-6)12-5-7-1-2-13-14(7)8/h1-5H,(H,15,16). The third kappa shape index (κ3) is 1.13. The summed E-state index contributed by atoms with van der Waals surface area (Å²) in [5.74, 6) is -1.02. The number of rotatable bonds is 1. The highest BCUT2D eigenvalue weighted by atomic mass is 16.4. The maximum absolute atomic E-state index is 10.8. The topological polar surface area (TPSA) is 80.4 Å². The van der Waals surface area contributed by atoms with E-state index in [9.17, 15) is 4.79 Å². The van der Waals surface area contributed by atoms with Gasteiger partial charge < -0.3 is 5.11 Å². The molecule has 3 aromatic heterocycles. The van der Waals surface area contributed by atoms with Crippen LogP contribution < -0.4 is 0 Å². The molecule has 3 rings (SSSR count). The Balaban J connectivity index is 2.46. The van der Waals surface area contributed by atoms with Crippen LogP contribution in [-0.2, 0) is 0 Å². The van der Waals surface area contributed by atoms with E-state index in [0.29, 0.717) is 11.2 Å². The van der Waals surface area contributed by atoms with Crippen LogP contribution in [0.15, 0.2) is 30.7 Å². The second kappa shape index (κ2) is 2.99. The summed E-state index contributed by atoms with van der Waals surface area (Å²) >= 11 is 0. The minimum absolute atomic E-state index is 0.123. The van der Waals surface area contributed by atoms with Crippen molar-refractivity contribution in [2.75, 3.05) is 0 Å². The van der Waals surface area contributed by atoms with E-state index in [1.54, 1.807) is 23.0 Å². The lowest BCUT2D eigenvalue weighted by atomic mass is 10.2. The molecule has 16 heavy (non-hydrogen) atoms. The molecule has 0 radical (unpaired) electrons. The van der Waals surface area contributed by atoms with Crippen LogP contribution >= 0.6 is 0 Å². The summed E-state index contributed by atoms with van der Waals surface area (Å²) in [6, 6.07) is 3.30. The summed E-state index contributed by atoms with van der Waals surface area (Å²) in [5, 5.41) is 13.0. The number of pyridine rings is 1. The first-order chi connectivity index (χ1) is 7.75. The van der Waals surface area contributed by atoms with Gasteiger partial charge in [0.15, 0.2) is 5.65 Å². The van der Waals surface area contributed by atoms with E-state index < -0.39 is 5.97 Å². The SMILES string of the molecule is O=C(O)c1cnc2ncc3ccnn3c2c1.